The molecule has 0 radical (unpaired) electrons. The van der Waals surface area contributed by atoms with Crippen LogP contribution in [0.4, 0.5) is 0 Å². The second-order valence-corrected chi connectivity index (χ2v) is 4.82. The van der Waals surface area contributed by atoms with E-state index in [1.54, 1.807) is 0 Å². The molecule has 1 aromatic rings. The van der Waals surface area contributed by atoms with Crippen LogP contribution in [0.3, 0.4) is 0 Å². The van der Waals surface area contributed by atoms with Crippen LogP contribution >= 0.6 is 0 Å². The molecule has 4 heteroatoms. The summed E-state index contributed by atoms with van der Waals surface area (Å²) in [4.78, 5) is 16.6. The van der Waals surface area contributed by atoms with Gasteiger partial charge in [-0.1, -0.05) is 6.92 Å². The van der Waals surface area contributed by atoms with E-state index in [0.29, 0.717) is 18.1 Å². The monoisotopic (exact) mass is 263 g/mol. The maximum absolute atomic E-state index is 11.9. The van der Waals surface area contributed by atoms with Crippen molar-refractivity contribution in [2.24, 2.45) is 0 Å². The summed E-state index contributed by atoms with van der Waals surface area (Å²) in [6.45, 7) is 7.74. The molecule has 1 atom stereocenters. The molecule has 1 aliphatic heterocycles. The van der Waals surface area contributed by atoms with Gasteiger partial charge in [0, 0.05) is 18.2 Å². The van der Waals surface area contributed by atoms with E-state index < -0.39 is 0 Å². The molecule has 104 valence electrons. The third kappa shape index (κ3) is 2.95. The molecule has 19 heavy (non-hydrogen) atoms. The Labute approximate surface area is 114 Å². The number of hydrogen-bond acceptors (Lipinski definition) is 4. The van der Waals surface area contributed by atoms with Crippen LogP contribution < -0.4 is 0 Å². The largest absolute Gasteiger partial charge is 0.462 e. The topological polar surface area (TPSA) is 48.4 Å². The van der Waals surface area contributed by atoms with Gasteiger partial charge >= 0.3 is 5.97 Å². The maximum atomic E-state index is 11.9. The molecule has 1 fully saturated rings. The molecule has 0 saturated carbocycles. The van der Waals surface area contributed by atoms with Crippen molar-refractivity contribution in [3.8, 4) is 0 Å². The quantitative estimate of drug-likeness (QED) is 0.783. The minimum atomic E-state index is -0.274. The summed E-state index contributed by atoms with van der Waals surface area (Å²) in [5.41, 5.74) is 3.55. The van der Waals surface area contributed by atoms with Crippen LogP contribution in [0.15, 0.2) is 6.07 Å². The first-order valence-corrected chi connectivity index (χ1v) is 6.92. The molecule has 1 unspecified atom stereocenters. The molecule has 0 spiro atoms. The predicted molar refractivity (Wildman–Crippen MR) is 72.5 cm³/mol. The first kappa shape index (κ1) is 14.0. The Morgan fingerprint density at radius 2 is 2.32 bits per heavy atom. The lowest BCUT2D eigenvalue weighted by Gasteiger charge is -2.15. The van der Waals surface area contributed by atoms with Gasteiger partial charge in [-0.2, -0.15) is 0 Å². The Hall–Kier alpha value is -1.42. The molecule has 1 aliphatic rings. The fraction of sp³-hybridized carbons (Fsp3) is 0.600. The van der Waals surface area contributed by atoms with Crippen molar-refractivity contribution < 1.29 is 14.3 Å². The van der Waals surface area contributed by atoms with Crippen molar-refractivity contribution in [2.75, 3.05) is 19.8 Å². The minimum absolute atomic E-state index is 0.274. The highest BCUT2D eigenvalue weighted by atomic mass is 16.5. The number of carbonyl (C=O) groups is 1. The number of hydrogen-bond donors (Lipinski definition) is 0. The van der Waals surface area contributed by atoms with Gasteiger partial charge in [-0.25, -0.2) is 4.79 Å². The number of aryl methyl sites for hydroxylation is 2. The van der Waals surface area contributed by atoms with Crippen LogP contribution in [0, 0.1) is 6.92 Å². The highest BCUT2D eigenvalue weighted by Gasteiger charge is 2.23. The third-order valence-electron chi connectivity index (χ3n) is 3.48. The van der Waals surface area contributed by atoms with E-state index in [1.165, 1.54) is 0 Å². The first-order valence-electron chi connectivity index (χ1n) is 6.92. The molecule has 2 rings (SSSR count). The summed E-state index contributed by atoms with van der Waals surface area (Å²) < 4.78 is 10.5. The van der Waals surface area contributed by atoms with Gasteiger partial charge in [0.2, 0.25) is 0 Å². The number of aromatic nitrogens is 1. The van der Waals surface area contributed by atoms with Gasteiger partial charge in [0.25, 0.3) is 0 Å². The molecular formula is C15H21NO3. The van der Waals surface area contributed by atoms with Crippen LogP contribution in [0.2, 0.25) is 0 Å². The van der Waals surface area contributed by atoms with E-state index in [9.17, 15) is 4.79 Å². The van der Waals surface area contributed by atoms with Gasteiger partial charge in [-0.05, 0) is 38.3 Å². The lowest BCUT2D eigenvalue weighted by Crippen LogP contribution is -2.13. The van der Waals surface area contributed by atoms with Crippen molar-refractivity contribution >= 4 is 5.97 Å². The second kappa shape index (κ2) is 6.15. The summed E-state index contributed by atoms with van der Waals surface area (Å²) in [5, 5.41) is 0. The summed E-state index contributed by atoms with van der Waals surface area (Å²) in [5.74, 6) is 0.0886. The van der Waals surface area contributed by atoms with Gasteiger partial charge in [0.05, 0.1) is 24.5 Å². The van der Waals surface area contributed by atoms with Crippen LogP contribution in [-0.4, -0.2) is 30.8 Å². The molecule has 0 aliphatic carbocycles. The summed E-state index contributed by atoms with van der Waals surface area (Å²) >= 11 is 0. The van der Waals surface area contributed by atoms with Gasteiger partial charge in [0.1, 0.15) is 0 Å². The normalized spacial score (nSPS) is 18.6. The highest BCUT2D eigenvalue weighted by Crippen LogP contribution is 2.28. The van der Waals surface area contributed by atoms with Gasteiger partial charge < -0.3 is 9.47 Å². The SMILES string of the molecule is CCOC(=O)c1cc(C)c(C2CCOC2)nc1CC. The highest BCUT2D eigenvalue weighted by molar-refractivity contribution is 5.90. The van der Waals surface area contributed by atoms with Crippen molar-refractivity contribution in [2.45, 2.75) is 39.5 Å². The van der Waals surface area contributed by atoms with E-state index in [1.807, 2.05) is 26.8 Å². The molecule has 0 amide bonds. The summed E-state index contributed by atoms with van der Waals surface area (Å²) in [6.07, 6.45) is 1.74. The van der Waals surface area contributed by atoms with Crippen LogP contribution in [0.1, 0.15) is 53.5 Å². The zero-order valence-corrected chi connectivity index (χ0v) is 11.9. The van der Waals surface area contributed by atoms with Gasteiger partial charge in [-0.3, -0.25) is 4.98 Å². The standard InChI is InChI=1S/C15H21NO3/c1-4-13-12(15(17)19-5-2)8-10(3)14(16-13)11-6-7-18-9-11/h8,11H,4-7,9H2,1-3H3. The molecular weight excluding hydrogens is 242 g/mol. The lowest BCUT2D eigenvalue weighted by atomic mass is 9.97. The Morgan fingerprint density at radius 3 is 2.89 bits per heavy atom. The Bertz CT molecular complexity index is 465. The van der Waals surface area contributed by atoms with Gasteiger partial charge in [-0.15, -0.1) is 0 Å². The van der Waals surface area contributed by atoms with E-state index in [2.05, 4.69) is 0 Å². The number of esters is 1. The molecule has 0 N–H and O–H groups in total. The molecule has 4 nitrogen and oxygen atoms in total. The Morgan fingerprint density at radius 1 is 1.53 bits per heavy atom. The summed E-state index contributed by atoms with van der Waals surface area (Å²) in [7, 11) is 0. The molecule has 0 aromatic carbocycles. The Balaban J connectivity index is 2.36. The predicted octanol–water partition coefficient (Wildman–Crippen LogP) is 2.63. The minimum Gasteiger partial charge on any atom is -0.462 e. The average molecular weight is 263 g/mol. The van der Waals surface area contributed by atoms with Gasteiger partial charge in [0.15, 0.2) is 0 Å². The Kier molecular flexibility index (Phi) is 4.53. The number of carbonyl (C=O) groups excluding carboxylic acids is 1. The zero-order valence-electron chi connectivity index (χ0n) is 11.9. The van der Waals surface area contributed by atoms with Crippen molar-refractivity contribution in [3.63, 3.8) is 0 Å². The fourth-order valence-corrected chi connectivity index (χ4v) is 2.49. The van der Waals surface area contributed by atoms with Crippen LogP contribution in [0.25, 0.3) is 0 Å². The first-order chi connectivity index (χ1) is 9.17. The zero-order chi connectivity index (χ0) is 13.8. The maximum Gasteiger partial charge on any atom is 0.339 e. The smallest absolute Gasteiger partial charge is 0.339 e. The fourth-order valence-electron chi connectivity index (χ4n) is 2.49. The molecule has 2 heterocycles. The molecule has 1 saturated heterocycles. The van der Waals surface area contributed by atoms with Crippen molar-refractivity contribution in [1.29, 1.82) is 0 Å². The van der Waals surface area contributed by atoms with Crippen molar-refractivity contribution in [3.05, 3.63) is 28.6 Å². The lowest BCUT2D eigenvalue weighted by molar-refractivity contribution is 0.0524. The van der Waals surface area contributed by atoms with E-state index >= 15 is 0 Å². The second-order valence-electron chi connectivity index (χ2n) is 4.82. The van der Waals surface area contributed by atoms with Crippen molar-refractivity contribution in [1.82, 2.24) is 4.98 Å². The number of rotatable bonds is 4. The summed E-state index contributed by atoms with van der Waals surface area (Å²) in [6, 6.07) is 1.91. The molecule has 1 aromatic heterocycles. The number of ether oxygens (including phenoxy) is 2. The van der Waals surface area contributed by atoms with E-state index in [-0.39, 0.29) is 5.97 Å². The third-order valence-corrected chi connectivity index (χ3v) is 3.48. The van der Waals surface area contributed by atoms with E-state index in [4.69, 9.17) is 14.5 Å². The number of pyridine rings is 1. The van der Waals surface area contributed by atoms with E-state index in [0.717, 1.165) is 43.0 Å². The van der Waals surface area contributed by atoms with Crippen LogP contribution in [0.5, 0.6) is 0 Å². The molecule has 0 bridgehead atoms. The number of nitrogens with zero attached hydrogens (tertiary/aromatic N) is 1. The average Bonchev–Trinajstić information content (AvgIpc) is 2.92. The van der Waals surface area contributed by atoms with Crippen LogP contribution in [-0.2, 0) is 15.9 Å².